The van der Waals surface area contributed by atoms with Gasteiger partial charge >= 0.3 is 18.3 Å². The Bertz CT molecular complexity index is 1680. The Labute approximate surface area is 269 Å². The molecule has 0 aliphatic carbocycles. The van der Waals surface area contributed by atoms with Crippen molar-refractivity contribution in [3.8, 4) is 0 Å². The molecule has 5 heterocycles. The first kappa shape index (κ1) is 31.3. The molecule has 7 rings (SSSR count). The fourth-order valence-corrected chi connectivity index (χ4v) is 7.73. The first-order chi connectivity index (χ1) is 22.4. The third-order valence-corrected chi connectivity index (χ3v) is 10.2. The summed E-state index contributed by atoms with van der Waals surface area (Å²) in [4.78, 5) is 32.6. The molecule has 1 aromatic heterocycles. The van der Waals surface area contributed by atoms with Gasteiger partial charge in [-0.05, 0) is 43.0 Å². The Kier molecular flexibility index (Phi) is 7.60. The molecule has 0 bridgehead atoms. The van der Waals surface area contributed by atoms with E-state index in [9.17, 15) is 32.3 Å². The zero-order chi connectivity index (χ0) is 33.2. The summed E-state index contributed by atoms with van der Waals surface area (Å²) >= 11 is 0. The van der Waals surface area contributed by atoms with E-state index < -0.39 is 35.3 Å². The fraction of sp³-hybridized carbons (Fsp3) is 0.485. The van der Waals surface area contributed by atoms with E-state index in [1.807, 2.05) is 24.8 Å². The smallest absolute Gasteiger partial charge is 0.416 e. The predicted octanol–water partition coefficient (Wildman–Crippen LogP) is 5.90. The number of benzene rings is 2. The lowest BCUT2D eigenvalue weighted by atomic mass is 9.72. The summed E-state index contributed by atoms with van der Waals surface area (Å²) < 4.78 is 63.9. The van der Waals surface area contributed by atoms with Gasteiger partial charge in [-0.3, -0.25) is 9.58 Å². The number of anilines is 2. The lowest BCUT2D eigenvalue weighted by Gasteiger charge is -2.57. The maximum atomic E-state index is 14.7. The number of carbonyl (C=O) groups excluding carboxylic acids is 1. The Balaban J connectivity index is 1.20. The molecule has 2 atom stereocenters. The van der Waals surface area contributed by atoms with Crippen molar-refractivity contribution in [3.05, 3.63) is 76.7 Å². The van der Waals surface area contributed by atoms with Crippen LogP contribution in [0.15, 0.2) is 48.7 Å². The standard InChI is InChI=1S/C33H36F4N6O4/c1-20-6-5-9-25(34)27(20)39-12-10-23(11-13-39)40-15-22-16-43(26-17-41(31(45)46)28(26)32(2)18-47-19-32)38-29(22)42(30(40)44)14-21-7-3-4-8-24(21)33(35,36)37/h3-9,16,23,26,28H,10-15,17-19H2,1-2H3,(H,45,46). The highest BCUT2D eigenvalue weighted by atomic mass is 19.4. The van der Waals surface area contributed by atoms with Crippen LogP contribution in [0.25, 0.3) is 0 Å². The van der Waals surface area contributed by atoms with Crippen LogP contribution in [0.5, 0.6) is 0 Å². The Morgan fingerprint density at radius 2 is 1.83 bits per heavy atom. The second kappa shape index (κ2) is 11.4. The summed E-state index contributed by atoms with van der Waals surface area (Å²) in [6, 6.07) is 8.74. The van der Waals surface area contributed by atoms with Crippen LogP contribution in [0.2, 0.25) is 0 Å². The van der Waals surface area contributed by atoms with Crippen LogP contribution < -0.4 is 9.80 Å². The number of hydrogen-bond donors (Lipinski definition) is 1. The molecule has 47 heavy (non-hydrogen) atoms. The minimum atomic E-state index is -4.62. The average molecular weight is 657 g/mol. The number of nitrogens with zero attached hydrogens (tertiary/aromatic N) is 6. The van der Waals surface area contributed by atoms with Crippen LogP contribution in [0, 0.1) is 18.2 Å². The normalized spacial score (nSPS) is 23.0. The van der Waals surface area contributed by atoms with E-state index in [0.29, 0.717) is 50.4 Å². The van der Waals surface area contributed by atoms with Gasteiger partial charge in [0.05, 0.1) is 49.6 Å². The largest absolute Gasteiger partial charge is 0.465 e. The van der Waals surface area contributed by atoms with E-state index in [-0.39, 0.29) is 48.9 Å². The van der Waals surface area contributed by atoms with Crippen LogP contribution in [0.3, 0.4) is 0 Å². The summed E-state index contributed by atoms with van der Waals surface area (Å²) in [5.41, 5.74) is 0.740. The predicted molar refractivity (Wildman–Crippen MR) is 164 cm³/mol. The molecule has 14 heteroatoms. The molecule has 4 aliphatic heterocycles. The first-order valence-electron chi connectivity index (χ1n) is 15.7. The number of piperidine rings is 1. The number of aromatic nitrogens is 2. The quantitative estimate of drug-likeness (QED) is 0.332. The van der Waals surface area contributed by atoms with E-state index in [1.165, 1.54) is 34.1 Å². The van der Waals surface area contributed by atoms with Crippen molar-refractivity contribution in [1.29, 1.82) is 0 Å². The van der Waals surface area contributed by atoms with Gasteiger partial charge in [-0.2, -0.15) is 18.3 Å². The lowest BCUT2D eigenvalue weighted by Crippen LogP contribution is -2.69. The molecule has 3 amide bonds. The van der Waals surface area contributed by atoms with Gasteiger partial charge in [-0.15, -0.1) is 0 Å². The first-order valence-corrected chi connectivity index (χ1v) is 15.7. The van der Waals surface area contributed by atoms with Gasteiger partial charge in [0, 0.05) is 42.9 Å². The number of fused-ring (bicyclic) bond motifs is 1. The van der Waals surface area contributed by atoms with E-state index >= 15 is 0 Å². The highest BCUT2D eigenvalue weighted by Gasteiger charge is 2.57. The molecule has 0 spiro atoms. The number of alkyl halides is 3. The molecule has 0 saturated carbocycles. The number of aryl methyl sites for hydroxylation is 1. The van der Waals surface area contributed by atoms with Gasteiger partial charge in [0.15, 0.2) is 5.82 Å². The van der Waals surface area contributed by atoms with Crippen LogP contribution in [0.4, 0.5) is 38.7 Å². The summed E-state index contributed by atoms with van der Waals surface area (Å²) in [6.45, 7) is 5.69. The molecule has 1 N–H and O–H groups in total. The number of likely N-dealkylation sites (tertiary alicyclic amines) is 1. The van der Waals surface area contributed by atoms with Crippen molar-refractivity contribution < 1.29 is 37.0 Å². The SMILES string of the molecule is Cc1cccc(F)c1N1CCC(N2Cc3cn(C4CN(C(=O)O)C4C4(C)COC4)nc3N(Cc3ccccc3C(F)(F)F)C2=O)CC1. The summed E-state index contributed by atoms with van der Waals surface area (Å²) in [7, 11) is 0. The number of urea groups is 1. The number of ether oxygens (including phenoxy) is 1. The molecule has 4 aliphatic rings. The zero-order valence-electron chi connectivity index (χ0n) is 26.1. The molecular weight excluding hydrogens is 620 g/mol. The summed E-state index contributed by atoms with van der Waals surface area (Å²) in [5, 5.41) is 14.6. The van der Waals surface area contributed by atoms with Crippen molar-refractivity contribution in [1.82, 2.24) is 19.6 Å². The second-order valence-electron chi connectivity index (χ2n) is 13.3. The Morgan fingerprint density at radius 1 is 1.11 bits per heavy atom. The number of para-hydroxylation sites is 1. The molecule has 0 radical (unpaired) electrons. The Morgan fingerprint density at radius 3 is 2.47 bits per heavy atom. The summed E-state index contributed by atoms with van der Waals surface area (Å²) in [6.07, 6.45) is -2.76. The van der Waals surface area contributed by atoms with Gasteiger partial charge in [0.1, 0.15) is 5.82 Å². The van der Waals surface area contributed by atoms with E-state index in [4.69, 9.17) is 9.84 Å². The van der Waals surface area contributed by atoms with Gasteiger partial charge in [-0.25, -0.2) is 14.0 Å². The number of rotatable bonds is 6. The van der Waals surface area contributed by atoms with E-state index in [1.54, 1.807) is 21.8 Å². The van der Waals surface area contributed by atoms with Crippen molar-refractivity contribution >= 4 is 23.6 Å². The summed E-state index contributed by atoms with van der Waals surface area (Å²) in [5.74, 6) is -0.0349. The van der Waals surface area contributed by atoms with Gasteiger partial charge in [0.25, 0.3) is 0 Å². The minimum Gasteiger partial charge on any atom is -0.465 e. The van der Waals surface area contributed by atoms with E-state index in [2.05, 4.69) is 0 Å². The van der Waals surface area contributed by atoms with Crippen LogP contribution in [-0.2, 0) is 24.0 Å². The van der Waals surface area contributed by atoms with Crippen LogP contribution >= 0.6 is 0 Å². The topological polar surface area (TPSA) is 94.4 Å². The van der Waals surface area contributed by atoms with Crippen molar-refractivity contribution in [2.45, 2.75) is 64.1 Å². The fourth-order valence-electron chi connectivity index (χ4n) is 7.73. The van der Waals surface area contributed by atoms with Gasteiger partial charge in [0.2, 0.25) is 0 Å². The monoisotopic (exact) mass is 656 g/mol. The molecule has 3 fully saturated rings. The number of hydrogen-bond acceptors (Lipinski definition) is 5. The number of carboxylic acid groups (broad SMARTS) is 1. The molecule has 250 valence electrons. The second-order valence-corrected chi connectivity index (χ2v) is 13.3. The molecular formula is C33H36F4N6O4. The van der Waals surface area contributed by atoms with E-state index in [0.717, 1.165) is 11.6 Å². The molecule has 2 aromatic carbocycles. The van der Waals surface area contributed by atoms with Crippen LogP contribution in [0.1, 0.15) is 48.1 Å². The third kappa shape index (κ3) is 5.35. The third-order valence-electron chi connectivity index (χ3n) is 10.2. The highest BCUT2D eigenvalue weighted by molar-refractivity contribution is 5.94. The average Bonchev–Trinajstić information content (AvgIpc) is 3.40. The number of halogens is 4. The van der Waals surface area contributed by atoms with Gasteiger partial charge < -0.3 is 24.5 Å². The lowest BCUT2D eigenvalue weighted by molar-refractivity contribution is -0.178. The zero-order valence-corrected chi connectivity index (χ0v) is 26.1. The van der Waals surface area contributed by atoms with Crippen molar-refractivity contribution in [2.75, 3.05) is 42.6 Å². The Hall–Kier alpha value is -4.33. The molecule has 3 aromatic rings. The maximum absolute atomic E-state index is 14.7. The van der Waals surface area contributed by atoms with Crippen molar-refractivity contribution in [3.63, 3.8) is 0 Å². The van der Waals surface area contributed by atoms with Gasteiger partial charge in [-0.1, -0.05) is 37.3 Å². The minimum absolute atomic E-state index is 0.0572. The number of amides is 3. The number of carbonyl (C=O) groups is 2. The molecule has 3 saturated heterocycles. The molecule has 10 nitrogen and oxygen atoms in total. The maximum Gasteiger partial charge on any atom is 0.416 e. The van der Waals surface area contributed by atoms with Crippen molar-refractivity contribution in [2.24, 2.45) is 5.41 Å². The van der Waals surface area contributed by atoms with Crippen LogP contribution in [-0.4, -0.2) is 81.7 Å². The highest BCUT2D eigenvalue weighted by Crippen LogP contribution is 2.46. The molecule has 2 unspecified atom stereocenters.